The molecule has 0 bridgehead atoms. The van der Waals surface area contributed by atoms with Crippen LogP contribution in [0, 0.1) is 10.8 Å². The molecule has 1 aliphatic heterocycles. The Kier molecular flexibility index (Phi) is 4.38. The van der Waals surface area contributed by atoms with Crippen LogP contribution in [0.4, 0.5) is 0 Å². The van der Waals surface area contributed by atoms with E-state index in [1.54, 1.807) is 0 Å². The van der Waals surface area contributed by atoms with Crippen molar-refractivity contribution in [1.82, 2.24) is 10.2 Å². The molecule has 1 aliphatic carbocycles. The molecule has 1 saturated heterocycles. The fourth-order valence-corrected chi connectivity index (χ4v) is 4.42. The molecule has 2 fully saturated rings. The normalized spacial score (nSPS) is 28.7. The first-order valence-corrected chi connectivity index (χ1v) is 7.82. The monoisotopic (exact) mass is 252 g/mol. The Morgan fingerprint density at radius 3 is 2.11 bits per heavy atom. The van der Waals surface area contributed by atoms with Gasteiger partial charge in [0.25, 0.3) is 0 Å². The van der Waals surface area contributed by atoms with Crippen LogP contribution in [0.15, 0.2) is 0 Å². The van der Waals surface area contributed by atoms with Gasteiger partial charge in [-0.1, -0.05) is 27.7 Å². The van der Waals surface area contributed by atoms with Crippen molar-refractivity contribution >= 4 is 0 Å². The van der Waals surface area contributed by atoms with Gasteiger partial charge in [-0.2, -0.15) is 0 Å². The van der Waals surface area contributed by atoms with Crippen LogP contribution in [-0.4, -0.2) is 37.1 Å². The zero-order valence-electron chi connectivity index (χ0n) is 12.9. The molecule has 0 atom stereocenters. The van der Waals surface area contributed by atoms with Gasteiger partial charge in [0.1, 0.15) is 0 Å². The van der Waals surface area contributed by atoms with E-state index in [-0.39, 0.29) is 0 Å². The van der Waals surface area contributed by atoms with Crippen LogP contribution in [0.2, 0.25) is 0 Å². The van der Waals surface area contributed by atoms with Gasteiger partial charge in [0.15, 0.2) is 0 Å². The van der Waals surface area contributed by atoms with Gasteiger partial charge in [0, 0.05) is 19.1 Å². The van der Waals surface area contributed by atoms with E-state index in [0.29, 0.717) is 10.8 Å². The Morgan fingerprint density at radius 2 is 1.56 bits per heavy atom. The van der Waals surface area contributed by atoms with Crippen molar-refractivity contribution in [3.8, 4) is 0 Å². The van der Waals surface area contributed by atoms with E-state index in [1.807, 2.05) is 0 Å². The minimum atomic E-state index is 0.507. The Bertz CT molecular complexity index is 248. The van der Waals surface area contributed by atoms with Crippen LogP contribution in [0.25, 0.3) is 0 Å². The second-order valence-electron chi connectivity index (χ2n) is 8.11. The van der Waals surface area contributed by atoms with E-state index >= 15 is 0 Å². The van der Waals surface area contributed by atoms with Gasteiger partial charge in [0.2, 0.25) is 0 Å². The van der Waals surface area contributed by atoms with Gasteiger partial charge in [0.05, 0.1) is 0 Å². The van der Waals surface area contributed by atoms with Crippen LogP contribution in [0.1, 0.15) is 59.8 Å². The first-order valence-electron chi connectivity index (χ1n) is 7.82. The van der Waals surface area contributed by atoms with Crippen LogP contribution in [-0.2, 0) is 0 Å². The molecule has 0 amide bonds. The summed E-state index contributed by atoms with van der Waals surface area (Å²) in [7, 11) is 0. The fraction of sp³-hybridized carbons (Fsp3) is 1.00. The van der Waals surface area contributed by atoms with Gasteiger partial charge in [-0.15, -0.1) is 0 Å². The van der Waals surface area contributed by atoms with E-state index in [1.165, 1.54) is 58.3 Å². The molecule has 2 aliphatic rings. The van der Waals surface area contributed by atoms with Gasteiger partial charge in [-0.3, -0.25) is 0 Å². The smallest absolute Gasteiger partial charge is 0.0107 e. The van der Waals surface area contributed by atoms with Crippen LogP contribution < -0.4 is 5.32 Å². The van der Waals surface area contributed by atoms with Crippen molar-refractivity contribution in [2.75, 3.05) is 26.2 Å². The van der Waals surface area contributed by atoms with Gasteiger partial charge in [-0.25, -0.2) is 0 Å². The highest BCUT2D eigenvalue weighted by Gasteiger charge is 2.38. The Balaban J connectivity index is 1.74. The van der Waals surface area contributed by atoms with Crippen LogP contribution in [0.3, 0.4) is 0 Å². The maximum absolute atomic E-state index is 3.82. The summed E-state index contributed by atoms with van der Waals surface area (Å²) in [5.41, 5.74) is 1.01. The quantitative estimate of drug-likeness (QED) is 0.826. The minimum Gasteiger partial charge on any atom is -0.313 e. The molecule has 0 radical (unpaired) electrons. The van der Waals surface area contributed by atoms with Gasteiger partial charge < -0.3 is 10.2 Å². The molecule has 0 spiro atoms. The number of hydrogen-bond donors (Lipinski definition) is 1. The van der Waals surface area contributed by atoms with Crippen molar-refractivity contribution in [3.63, 3.8) is 0 Å². The summed E-state index contributed by atoms with van der Waals surface area (Å²) in [6.45, 7) is 14.8. The summed E-state index contributed by atoms with van der Waals surface area (Å²) in [4.78, 5) is 2.60. The van der Waals surface area contributed by atoms with Crippen molar-refractivity contribution in [2.45, 2.75) is 65.8 Å². The predicted molar refractivity (Wildman–Crippen MR) is 78.9 cm³/mol. The molecular formula is C16H32N2. The number of nitrogens with one attached hydrogen (secondary N) is 1. The average Bonchev–Trinajstić information content (AvgIpc) is 2.65. The second kappa shape index (κ2) is 5.50. The van der Waals surface area contributed by atoms with Crippen molar-refractivity contribution in [2.24, 2.45) is 10.8 Å². The summed E-state index contributed by atoms with van der Waals surface area (Å²) in [6, 6.07) is 0.728. The summed E-state index contributed by atoms with van der Waals surface area (Å²) >= 11 is 0. The van der Waals surface area contributed by atoms with Gasteiger partial charge in [-0.05, 0) is 56.0 Å². The standard InChI is InChI=1S/C16H32N2/c1-15(2)11-14(12-16(3,4)13-15)17-7-10-18-8-5-6-9-18/h14,17H,5-13H2,1-4H3. The molecule has 1 N–H and O–H groups in total. The van der Waals surface area contributed by atoms with E-state index < -0.39 is 0 Å². The Morgan fingerprint density at radius 1 is 1.00 bits per heavy atom. The summed E-state index contributed by atoms with van der Waals surface area (Å²) in [5, 5.41) is 3.82. The molecule has 0 aromatic carbocycles. The summed E-state index contributed by atoms with van der Waals surface area (Å²) in [6.07, 6.45) is 6.87. The third kappa shape index (κ3) is 4.24. The zero-order valence-corrected chi connectivity index (χ0v) is 12.9. The summed E-state index contributed by atoms with van der Waals surface area (Å²) < 4.78 is 0. The lowest BCUT2D eigenvalue weighted by atomic mass is 9.63. The maximum atomic E-state index is 3.82. The molecule has 1 heterocycles. The zero-order chi connectivity index (χ0) is 13.2. The highest BCUT2D eigenvalue weighted by atomic mass is 15.2. The third-order valence-corrected chi connectivity index (χ3v) is 4.61. The average molecular weight is 252 g/mol. The minimum absolute atomic E-state index is 0.507. The third-order valence-electron chi connectivity index (χ3n) is 4.61. The SMILES string of the molecule is CC1(C)CC(NCCN2CCCC2)CC(C)(C)C1. The number of rotatable bonds is 4. The summed E-state index contributed by atoms with van der Waals surface area (Å²) in [5.74, 6) is 0. The topological polar surface area (TPSA) is 15.3 Å². The van der Waals surface area contributed by atoms with Crippen LogP contribution in [0.5, 0.6) is 0 Å². The molecule has 2 rings (SSSR count). The first kappa shape index (κ1) is 14.3. The lowest BCUT2D eigenvalue weighted by Gasteiger charge is -2.45. The predicted octanol–water partition coefficient (Wildman–Crippen LogP) is 3.28. The van der Waals surface area contributed by atoms with Crippen molar-refractivity contribution in [3.05, 3.63) is 0 Å². The molecule has 0 aromatic heterocycles. The maximum Gasteiger partial charge on any atom is 0.0107 e. The fourth-order valence-electron chi connectivity index (χ4n) is 4.42. The van der Waals surface area contributed by atoms with E-state index in [2.05, 4.69) is 37.9 Å². The molecule has 2 nitrogen and oxygen atoms in total. The number of hydrogen-bond acceptors (Lipinski definition) is 2. The van der Waals surface area contributed by atoms with E-state index in [0.717, 1.165) is 6.04 Å². The Labute approximate surface area is 114 Å². The molecule has 0 unspecified atom stereocenters. The molecule has 1 saturated carbocycles. The van der Waals surface area contributed by atoms with E-state index in [9.17, 15) is 0 Å². The number of likely N-dealkylation sites (tertiary alicyclic amines) is 1. The van der Waals surface area contributed by atoms with Crippen molar-refractivity contribution in [1.29, 1.82) is 0 Å². The lowest BCUT2D eigenvalue weighted by molar-refractivity contribution is 0.0842. The van der Waals surface area contributed by atoms with Gasteiger partial charge >= 0.3 is 0 Å². The highest BCUT2D eigenvalue weighted by molar-refractivity contribution is 4.92. The largest absolute Gasteiger partial charge is 0.313 e. The molecule has 106 valence electrons. The highest BCUT2D eigenvalue weighted by Crippen LogP contribution is 2.45. The molecule has 18 heavy (non-hydrogen) atoms. The lowest BCUT2D eigenvalue weighted by Crippen LogP contribution is -2.45. The second-order valence-corrected chi connectivity index (χ2v) is 8.11. The molecular weight excluding hydrogens is 220 g/mol. The Hall–Kier alpha value is -0.0800. The number of nitrogens with zero attached hydrogens (tertiary/aromatic N) is 1. The van der Waals surface area contributed by atoms with Crippen LogP contribution >= 0.6 is 0 Å². The van der Waals surface area contributed by atoms with Crippen molar-refractivity contribution < 1.29 is 0 Å². The molecule has 2 heteroatoms. The molecule has 0 aromatic rings. The van der Waals surface area contributed by atoms with E-state index in [4.69, 9.17) is 0 Å². The first-order chi connectivity index (χ1) is 8.36.